The molecule has 0 saturated heterocycles. The molecule has 1 aromatic heterocycles. The van der Waals surface area contributed by atoms with E-state index in [1.807, 2.05) is 24.1 Å². The van der Waals surface area contributed by atoms with Crippen LogP contribution in [-0.4, -0.2) is 32.9 Å². The van der Waals surface area contributed by atoms with Crippen LogP contribution in [0.4, 0.5) is 0 Å². The van der Waals surface area contributed by atoms with Crippen LogP contribution in [0.3, 0.4) is 0 Å². The van der Waals surface area contributed by atoms with Crippen molar-refractivity contribution in [2.75, 3.05) is 13.2 Å². The molecule has 1 aliphatic rings. The van der Waals surface area contributed by atoms with E-state index in [9.17, 15) is 5.11 Å². The molecule has 2 heterocycles. The smallest absolute Gasteiger partial charge is 0.0628 e. The van der Waals surface area contributed by atoms with Gasteiger partial charge in [-0.25, -0.2) is 0 Å². The highest BCUT2D eigenvalue weighted by molar-refractivity contribution is 5.32. The second-order valence-electron chi connectivity index (χ2n) is 5.14. The number of hydrogen-bond donors (Lipinski definition) is 1. The molecule has 0 amide bonds. The standard InChI is InChI=1S/C15H19N3O/c1-17-9-12(8-16-17)10-18-7-6-13-4-2-3-5-14(13)15(18)11-19/h2-5,8-9,15,19H,6-7,10-11H2,1H3. The number of aryl methyl sites for hydroxylation is 1. The fourth-order valence-corrected chi connectivity index (χ4v) is 2.89. The zero-order valence-corrected chi connectivity index (χ0v) is 11.2. The lowest BCUT2D eigenvalue weighted by atomic mass is 9.93. The molecule has 1 unspecified atom stereocenters. The van der Waals surface area contributed by atoms with Gasteiger partial charge in [-0.1, -0.05) is 24.3 Å². The highest BCUT2D eigenvalue weighted by Crippen LogP contribution is 2.30. The molecule has 100 valence electrons. The molecule has 1 aliphatic heterocycles. The fraction of sp³-hybridized carbons (Fsp3) is 0.400. The molecule has 1 aromatic carbocycles. The lowest BCUT2D eigenvalue weighted by Gasteiger charge is -2.36. The Morgan fingerprint density at radius 3 is 2.95 bits per heavy atom. The Bertz CT molecular complexity index is 564. The van der Waals surface area contributed by atoms with Crippen molar-refractivity contribution in [3.63, 3.8) is 0 Å². The Hall–Kier alpha value is -1.65. The molecule has 0 fully saturated rings. The van der Waals surface area contributed by atoms with Crippen LogP contribution in [-0.2, 0) is 20.0 Å². The number of rotatable bonds is 3. The van der Waals surface area contributed by atoms with Gasteiger partial charge in [-0.2, -0.15) is 5.10 Å². The topological polar surface area (TPSA) is 41.3 Å². The molecule has 1 N–H and O–H groups in total. The van der Waals surface area contributed by atoms with Crippen molar-refractivity contribution >= 4 is 0 Å². The first-order valence-electron chi connectivity index (χ1n) is 6.68. The summed E-state index contributed by atoms with van der Waals surface area (Å²) in [5, 5.41) is 13.9. The van der Waals surface area contributed by atoms with E-state index in [0.29, 0.717) is 0 Å². The van der Waals surface area contributed by atoms with E-state index >= 15 is 0 Å². The normalized spacial score (nSPS) is 19.4. The van der Waals surface area contributed by atoms with Gasteiger partial charge < -0.3 is 5.11 Å². The zero-order chi connectivity index (χ0) is 13.2. The van der Waals surface area contributed by atoms with Gasteiger partial charge in [0, 0.05) is 31.9 Å². The lowest BCUT2D eigenvalue weighted by molar-refractivity contribution is 0.108. The minimum absolute atomic E-state index is 0.102. The van der Waals surface area contributed by atoms with Crippen LogP contribution in [0.5, 0.6) is 0 Å². The van der Waals surface area contributed by atoms with Crippen LogP contribution in [0, 0.1) is 0 Å². The van der Waals surface area contributed by atoms with Crippen molar-refractivity contribution in [1.29, 1.82) is 0 Å². The van der Waals surface area contributed by atoms with E-state index in [1.54, 1.807) is 0 Å². The summed E-state index contributed by atoms with van der Waals surface area (Å²) in [5.41, 5.74) is 3.82. The van der Waals surface area contributed by atoms with Crippen molar-refractivity contribution in [2.24, 2.45) is 7.05 Å². The number of benzene rings is 1. The molecule has 0 saturated carbocycles. The first kappa shape index (κ1) is 12.4. The molecular formula is C15H19N3O. The van der Waals surface area contributed by atoms with Gasteiger partial charge in [-0.05, 0) is 17.5 Å². The molecule has 0 bridgehead atoms. The Labute approximate surface area is 113 Å². The van der Waals surface area contributed by atoms with Crippen molar-refractivity contribution < 1.29 is 5.11 Å². The summed E-state index contributed by atoms with van der Waals surface area (Å²) in [6.07, 6.45) is 4.98. The second kappa shape index (κ2) is 5.15. The largest absolute Gasteiger partial charge is 0.394 e. The molecule has 3 rings (SSSR count). The summed E-state index contributed by atoms with van der Waals surface area (Å²) in [6, 6.07) is 8.52. The summed E-state index contributed by atoms with van der Waals surface area (Å²) in [5.74, 6) is 0. The number of nitrogens with zero attached hydrogens (tertiary/aromatic N) is 3. The lowest BCUT2D eigenvalue weighted by Crippen LogP contribution is -2.36. The van der Waals surface area contributed by atoms with Gasteiger partial charge in [0.15, 0.2) is 0 Å². The molecular weight excluding hydrogens is 238 g/mol. The number of aromatic nitrogens is 2. The van der Waals surface area contributed by atoms with Crippen molar-refractivity contribution in [1.82, 2.24) is 14.7 Å². The van der Waals surface area contributed by atoms with Crippen LogP contribution in [0.1, 0.15) is 22.7 Å². The van der Waals surface area contributed by atoms with Gasteiger partial charge in [0.05, 0.1) is 18.8 Å². The molecule has 0 aliphatic carbocycles. The Kier molecular flexibility index (Phi) is 3.36. The van der Waals surface area contributed by atoms with Gasteiger partial charge in [0.1, 0.15) is 0 Å². The van der Waals surface area contributed by atoms with E-state index in [2.05, 4.69) is 34.3 Å². The highest BCUT2D eigenvalue weighted by Gasteiger charge is 2.26. The van der Waals surface area contributed by atoms with Crippen molar-refractivity contribution in [3.05, 3.63) is 53.3 Å². The van der Waals surface area contributed by atoms with Crippen molar-refractivity contribution in [3.8, 4) is 0 Å². The first-order valence-corrected chi connectivity index (χ1v) is 6.68. The van der Waals surface area contributed by atoms with Gasteiger partial charge in [-0.15, -0.1) is 0 Å². The summed E-state index contributed by atoms with van der Waals surface area (Å²) < 4.78 is 1.82. The predicted molar refractivity (Wildman–Crippen MR) is 73.6 cm³/mol. The fourth-order valence-electron chi connectivity index (χ4n) is 2.89. The Morgan fingerprint density at radius 2 is 2.21 bits per heavy atom. The van der Waals surface area contributed by atoms with Gasteiger partial charge >= 0.3 is 0 Å². The van der Waals surface area contributed by atoms with Gasteiger partial charge in [0.25, 0.3) is 0 Å². The van der Waals surface area contributed by atoms with Gasteiger partial charge in [0.2, 0.25) is 0 Å². The Balaban J connectivity index is 1.84. The molecule has 4 heteroatoms. The summed E-state index contributed by atoms with van der Waals surface area (Å²) in [6.45, 7) is 1.99. The minimum Gasteiger partial charge on any atom is -0.394 e. The average molecular weight is 257 g/mol. The quantitative estimate of drug-likeness (QED) is 0.906. The van der Waals surface area contributed by atoms with Crippen LogP contribution < -0.4 is 0 Å². The minimum atomic E-state index is 0.102. The molecule has 0 radical (unpaired) electrons. The van der Waals surface area contributed by atoms with Crippen LogP contribution in [0.2, 0.25) is 0 Å². The maximum atomic E-state index is 9.73. The Morgan fingerprint density at radius 1 is 1.37 bits per heavy atom. The van der Waals surface area contributed by atoms with Crippen LogP contribution >= 0.6 is 0 Å². The molecule has 2 aromatic rings. The van der Waals surface area contributed by atoms with E-state index < -0.39 is 0 Å². The maximum absolute atomic E-state index is 9.73. The highest BCUT2D eigenvalue weighted by atomic mass is 16.3. The van der Waals surface area contributed by atoms with E-state index in [4.69, 9.17) is 0 Å². The SMILES string of the molecule is Cn1cc(CN2CCc3ccccc3C2CO)cn1. The predicted octanol–water partition coefficient (Wildman–Crippen LogP) is 1.51. The third kappa shape index (κ3) is 2.41. The maximum Gasteiger partial charge on any atom is 0.0628 e. The summed E-state index contributed by atoms with van der Waals surface area (Å²) in [7, 11) is 1.93. The number of aliphatic hydroxyl groups excluding tert-OH is 1. The van der Waals surface area contributed by atoms with E-state index in [0.717, 1.165) is 19.5 Å². The third-order valence-electron chi connectivity index (χ3n) is 3.84. The van der Waals surface area contributed by atoms with E-state index in [1.165, 1.54) is 16.7 Å². The number of fused-ring (bicyclic) bond motifs is 1. The number of aliphatic hydroxyl groups is 1. The first-order chi connectivity index (χ1) is 9.28. The summed E-state index contributed by atoms with van der Waals surface area (Å²) in [4.78, 5) is 2.33. The average Bonchev–Trinajstić information content (AvgIpc) is 2.84. The number of hydrogen-bond acceptors (Lipinski definition) is 3. The molecule has 0 spiro atoms. The molecule has 19 heavy (non-hydrogen) atoms. The van der Waals surface area contributed by atoms with Crippen molar-refractivity contribution in [2.45, 2.75) is 19.0 Å². The van der Waals surface area contributed by atoms with E-state index in [-0.39, 0.29) is 12.6 Å². The molecule has 1 atom stereocenters. The van der Waals surface area contributed by atoms with Crippen LogP contribution in [0.25, 0.3) is 0 Å². The van der Waals surface area contributed by atoms with Gasteiger partial charge in [-0.3, -0.25) is 9.58 Å². The molecule has 4 nitrogen and oxygen atoms in total. The monoisotopic (exact) mass is 257 g/mol. The summed E-state index contributed by atoms with van der Waals surface area (Å²) >= 11 is 0. The second-order valence-corrected chi connectivity index (χ2v) is 5.14. The van der Waals surface area contributed by atoms with Crippen LogP contribution in [0.15, 0.2) is 36.7 Å². The third-order valence-corrected chi connectivity index (χ3v) is 3.84. The zero-order valence-electron chi connectivity index (χ0n) is 11.2.